The monoisotopic (exact) mass is 415 g/mol. The van der Waals surface area contributed by atoms with Crippen LogP contribution in [0.15, 0.2) is 53.6 Å². The second kappa shape index (κ2) is 7.00. The molecule has 7 nitrogen and oxygen atoms in total. The SMILES string of the molecule is CS(=O)(=O)c1cccc(N2CC=C(c3c[nH]c4cc(F)ccc34)CC2)c1[N+](=O)[O-]. The maximum absolute atomic E-state index is 13.4. The van der Waals surface area contributed by atoms with Crippen molar-refractivity contribution in [2.24, 2.45) is 0 Å². The number of aromatic nitrogens is 1. The Labute approximate surface area is 166 Å². The number of H-pyrrole nitrogens is 1. The molecule has 0 aliphatic carbocycles. The number of nitrogens with one attached hydrogen (secondary N) is 1. The average molecular weight is 415 g/mol. The smallest absolute Gasteiger partial charge is 0.311 e. The molecule has 9 heteroatoms. The molecule has 0 spiro atoms. The van der Waals surface area contributed by atoms with Gasteiger partial charge in [0.1, 0.15) is 16.4 Å². The van der Waals surface area contributed by atoms with E-state index in [0.717, 1.165) is 22.8 Å². The van der Waals surface area contributed by atoms with Gasteiger partial charge in [-0.25, -0.2) is 12.8 Å². The quantitative estimate of drug-likeness (QED) is 0.515. The van der Waals surface area contributed by atoms with E-state index in [1.165, 1.54) is 24.3 Å². The van der Waals surface area contributed by atoms with Gasteiger partial charge in [-0.05, 0) is 42.3 Å². The first-order valence-electron chi connectivity index (χ1n) is 8.94. The normalized spacial score (nSPS) is 14.8. The molecule has 0 amide bonds. The standard InChI is InChI=1S/C20H18FN3O4S/c1-29(27,28)19-4-2-3-18(20(19)24(25)26)23-9-7-13(8-10-23)16-12-22-17-11-14(21)5-6-15(16)17/h2-7,11-12,22H,8-10H2,1H3. The molecular weight excluding hydrogens is 397 g/mol. The summed E-state index contributed by atoms with van der Waals surface area (Å²) < 4.78 is 37.4. The molecule has 2 aromatic carbocycles. The summed E-state index contributed by atoms with van der Waals surface area (Å²) >= 11 is 0. The fourth-order valence-corrected chi connectivity index (χ4v) is 4.60. The minimum absolute atomic E-state index is 0.284. The number of halogens is 1. The molecule has 2 heterocycles. The van der Waals surface area contributed by atoms with Crippen molar-refractivity contribution in [3.8, 4) is 0 Å². The van der Waals surface area contributed by atoms with Crippen LogP contribution in [-0.4, -0.2) is 37.7 Å². The second-order valence-corrected chi connectivity index (χ2v) is 8.95. The maximum Gasteiger partial charge on any atom is 0.311 e. The van der Waals surface area contributed by atoms with Crippen LogP contribution in [0.1, 0.15) is 12.0 Å². The lowest BCUT2D eigenvalue weighted by Crippen LogP contribution is -2.29. The Morgan fingerprint density at radius 2 is 2.03 bits per heavy atom. The molecule has 3 aromatic rings. The molecule has 0 unspecified atom stereocenters. The third-order valence-corrected chi connectivity index (χ3v) is 6.23. The van der Waals surface area contributed by atoms with Gasteiger partial charge in [-0.2, -0.15) is 0 Å². The molecule has 1 aliphatic heterocycles. The first kappa shape index (κ1) is 19.1. The van der Waals surface area contributed by atoms with Gasteiger partial charge in [0.15, 0.2) is 9.84 Å². The van der Waals surface area contributed by atoms with E-state index in [-0.39, 0.29) is 16.4 Å². The average Bonchev–Trinajstić information content (AvgIpc) is 3.09. The van der Waals surface area contributed by atoms with Crippen LogP contribution in [0.2, 0.25) is 0 Å². The van der Waals surface area contributed by atoms with Crippen molar-refractivity contribution < 1.29 is 17.7 Å². The summed E-state index contributed by atoms with van der Waals surface area (Å²) in [4.78, 5) is 15.6. The Bertz CT molecular complexity index is 1260. The van der Waals surface area contributed by atoms with E-state index in [1.807, 2.05) is 12.3 Å². The number of nitrogens with zero attached hydrogens (tertiary/aromatic N) is 2. The van der Waals surface area contributed by atoms with Gasteiger partial charge < -0.3 is 9.88 Å². The summed E-state index contributed by atoms with van der Waals surface area (Å²) in [5, 5.41) is 12.5. The molecule has 4 rings (SSSR count). The highest BCUT2D eigenvalue weighted by Crippen LogP contribution is 2.37. The molecular formula is C20H18FN3O4S. The van der Waals surface area contributed by atoms with Crippen molar-refractivity contribution in [3.05, 3.63) is 70.2 Å². The van der Waals surface area contributed by atoms with Gasteiger partial charge in [-0.1, -0.05) is 12.1 Å². The highest BCUT2D eigenvalue weighted by Gasteiger charge is 2.29. The Balaban J connectivity index is 1.69. The number of sulfone groups is 1. The van der Waals surface area contributed by atoms with Gasteiger partial charge >= 0.3 is 5.69 Å². The van der Waals surface area contributed by atoms with Gasteiger partial charge in [0.05, 0.1) is 4.92 Å². The molecule has 0 atom stereocenters. The predicted molar refractivity (Wildman–Crippen MR) is 109 cm³/mol. The zero-order chi connectivity index (χ0) is 20.8. The molecule has 0 saturated heterocycles. The van der Waals surface area contributed by atoms with Crippen molar-refractivity contribution in [1.82, 2.24) is 4.98 Å². The minimum atomic E-state index is -3.73. The number of hydrogen-bond acceptors (Lipinski definition) is 5. The van der Waals surface area contributed by atoms with Gasteiger partial charge in [0.2, 0.25) is 0 Å². The van der Waals surface area contributed by atoms with Crippen molar-refractivity contribution in [2.75, 3.05) is 24.2 Å². The van der Waals surface area contributed by atoms with Gasteiger partial charge in [-0.3, -0.25) is 10.1 Å². The molecule has 0 radical (unpaired) electrons. The summed E-state index contributed by atoms with van der Waals surface area (Å²) in [5.74, 6) is -0.312. The third-order valence-electron chi connectivity index (χ3n) is 5.10. The summed E-state index contributed by atoms with van der Waals surface area (Å²) in [7, 11) is -3.73. The fourth-order valence-electron chi connectivity index (χ4n) is 3.75. The van der Waals surface area contributed by atoms with Crippen LogP contribution in [-0.2, 0) is 9.84 Å². The van der Waals surface area contributed by atoms with Crippen LogP contribution in [0.3, 0.4) is 0 Å². The number of para-hydroxylation sites is 1. The number of rotatable bonds is 4. The lowest BCUT2D eigenvalue weighted by molar-refractivity contribution is -0.387. The number of anilines is 1. The number of fused-ring (bicyclic) bond motifs is 1. The highest BCUT2D eigenvalue weighted by atomic mass is 32.2. The van der Waals surface area contributed by atoms with E-state index in [2.05, 4.69) is 4.98 Å². The van der Waals surface area contributed by atoms with Crippen molar-refractivity contribution in [3.63, 3.8) is 0 Å². The number of nitro groups is 1. The zero-order valence-electron chi connectivity index (χ0n) is 15.6. The molecule has 150 valence electrons. The molecule has 0 fully saturated rings. The second-order valence-electron chi connectivity index (χ2n) is 6.97. The largest absolute Gasteiger partial charge is 0.362 e. The van der Waals surface area contributed by atoms with Crippen LogP contribution in [0.5, 0.6) is 0 Å². The number of benzene rings is 2. The highest BCUT2D eigenvalue weighted by molar-refractivity contribution is 7.90. The molecule has 1 aromatic heterocycles. The van der Waals surface area contributed by atoms with E-state index in [1.54, 1.807) is 17.0 Å². The first-order valence-corrected chi connectivity index (χ1v) is 10.8. The number of hydrogen-bond donors (Lipinski definition) is 1. The lowest BCUT2D eigenvalue weighted by atomic mass is 9.98. The summed E-state index contributed by atoms with van der Waals surface area (Å²) in [5.41, 5.74) is 2.63. The van der Waals surface area contributed by atoms with Crippen molar-refractivity contribution in [1.29, 1.82) is 0 Å². The van der Waals surface area contributed by atoms with Gasteiger partial charge in [0, 0.05) is 42.0 Å². The van der Waals surface area contributed by atoms with Crippen LogP contribution < -0.4 is 4.90 Å². The number of aromatic amines is 1. The Morgan fingerprint density at radius 3 is 2.69 bits per heavy atom. The van der Waals surface area contributed by atoms with E-state index in [9.17, 15) is 22.9 Å². The van der Waals surface area contributed by atoms with E-state index in [0.29, 0.717) is 25.0 Å². The van der Waals surface area contributed by atoms with Crippen molar-refractivity contribution in [2.45, 2.75) is 11.3 Å². The summed E-state index contributed by atoms with van der Waals surface area (Å²) in [6.45, 7) is 0.894. The van der Waals surface area contributed by atoms with E-state index >= 15 is 0 Å². The predicted octanol–water partition coefficient (Wildman–Crippen LogP) is 3.91. The molecule has 0 saturated carbocycles. The fraction of sp³-hybridized carbons (Fsp3) is 0.200. The van der Waals surface area contributed by atoms with E-state index in [4.69, 9.17) is 0 Å². The van der Waals surface area contributed by atoms with Crippen molar-refractivity contribution >= 4 is 37.7 Å². The molecule has 0 bridgehead atoms. The van der Waals surface area contributed by atoms with Gasteiger partial charge in [0.25, 0.3) is 0 Å². The van der Waals surface area contributed by atoms with Gasteiger partial charge in [-0.15, -0.1) is 0 Å². The molecule has 1 aliphatic rings. The molecule has 29 heavy (non-hydrogen) atoms. The Kier molecular flexibility index (Phi) is 4.62. The van der Waals surface area contributed by atoms with E-state index < -0.39 is 20.4 Å². The topological polar surface area (TPSA) is 96.3 Å². The maximum atomic E-state index is 13.4. The zero-order valence-corrected chi connectivity index (χ0v) is 16.4. The minimum Gasteiger partial charge on any atom is -0.362 e. The first-order chi connectivity index (χ1) is 13.8. The van der Waals surface area contributed by atoms with Crippen LogP contribution >= 0.6 is 0 Å². The summed E-state index contributed by atoms with van der Waals surface area (Å²) in [6.07, 6.45) is 5.38. The van der Waals surface area contributed by atoms with Crippen LogP contribution in [0, 0.1) is 15.9 Å². The Morgan fingerprint density at radius 1 is 1.24 bits per heavy atom. The van der Waals surface area contributed by atoms with Crippen LogP contribution in [0.4, 0.5) is 15.8 Å². The Hall–Kier alpha value is -3.20. The lowest BCUT2D eigenvalue weighted by Gasteiger charge is -2.28. The van der Waals surface area contributed by atoms with Crippen LogP contribution in [0.25, 0.3) is 16.5 Å². The summed E-state index contributed by atoms with van der Waals surface area (Å²) in [6, 6.07) is 8.92. The number of nitro benzene ring substituents is 1. The molecule has 1 N–H and O–H groups in total. The third kappa shape index (κ3) is 3.49.